The topological polar surface area (TPSA) is 95.9 Å². The number of nitrogens with zero attached hydrogens (tertiary/aromatic N) is 2. The molecule has 0 aromatic heterocycles. The third-order valence-corrected chi connectivity index (χ3v) is 8.20. The van der Waals surface area contributed by atoms with Gasteiger partial charge >= 0.3 is 0 Å². The summed E-state index contributed by atoms with van der Waals surface area (Å²) in [5.41, 5.74) is 0.833. The Morgan fingerprint density at radius 2 is 1.77 bits per heavy atom. The molecule has 1 aromatic rings. The highest BCUT2D eigenvalue weighted by atomic mass is 32.2. The van der Waals surface area contributed by atoms with Crippen LogP contribution in [0.1, 0.15) is 56.1 Å². The second-order valence-electron chi connectivity index (χ2n) is 8.68. The van der Waals surface area contributed by atoms with Crippen LogP contribution in [0.15, 0.2) is 34.7 Å². The Bertz CT molecular complexity index is 984. The van der Waals surface area contributed by atoms with Crippen molar-refractivity contribution in [2.75, 3.05) is 13.1 Å². The number of benzene rings is 1. The molecule has 8 heteroatoms. The number of aldehydes is 1. The smallest absolute Gasteiger partial charge is 0.253 e. The average Bonchev–Trinajstić information content (AvgIpc) is 3.10. The van der Waals surface area contributed by atoms with Gasteiger partial charge in [-0.15, -0.1) is 0 Å². The zero-order valence-electron chi connectivity index (χ0n) is 17.6. The van der Waals surface area contributed by atoms with Gasteiger partial charge in [-0.05, 0) is 42.9 Å². The first-order valence-corrected chi connectivity index (χ1v) is 12.5. The third kappa shape index (κ3) is 4.80. The lowest BCUT2D eigenvalue weighted by Crippen LogP contribution is -2.50. The molecular weight excluding hydrogens is 414 g/mol. The summed E-state index contributed by atoms with van der Waals surface area (Å²) in [6.07, 6.45) is 9.27. The van der Waals surface area contributed by atoms with Gasteiger partial charge in [-0.2, -0.15) is 4.31 Å². The molecule has 1 amide bonds. The first-order valence-electron chi connectivity index (χ1n) is 11.0. The minimum absolute atomic E-state index is 0.0731. The molecule has 0 atom stereocenters. The van der Waals surface area contributed by atoms with Gasteiger partial charge in [0.15, 0.2) is 0 Å². The van der Waals surface area contributed by atoms with Crippen molar-refractivity contribution in [3.05, 3.63) is 40.8 Å². The lowest BCUT2D eigenvalue weighted by atomic mass is 9.88. The van der Waals surface area contributed by atoms with Crippen LogP contribution >= 0.6 is 0 Å². The molecule has 2 aliphatic heterocycles. The molecule has 31 heavy (non-hydrogen) atoms. The Morgan fingerprint density at radius 3 is 2.42 bits per heavy atom. The molecule has 2 fully saturated rings. The number of nitrogens with one attached hydrogen (secondary N) is 1. The highest BCUT2D eigenvalue weighted by molar-refractivity contribution is 7.92. The van der Waals surface area contributed by atoms with Gasteiger partial charge in [-0.25, -0.2) is 8.42 Å². The van der Waals surface area contributed by atoms with Crippen LogP contribution in [0, 0.1) is 5.92 Å². The van der Waals surface area contributed by atoms with Crippen LogP contribution in [0.2, 0.25) is 0 Å². The van der Waals surface area contributed by atoms with Crippen molar-refractivity contribution in [2.24, 2.45) is 10.9 Å². The number of carbonyl (C=O) groups is 2. The number of sulfonamides is 1. The molecule has 1 spiro atoms. The summed E-state index contributed by atoms with van der Waals surface area (Å²) in [5.74, 6) is 1.08. The lowest BCUT2D eigenvalue weighted by Gasteiger charge is -2.34. The van der Waals surface area contributed by atoms with Crippen LogP contribution in [-0.4, -0.2) is 49.4 Å². The molecule has 1 aromatic carbocycles. The number of carbonyl (C=O) groups excluding carboxylic acids is 2. The Balaban J connectivity index is 1.39. The molecule has 7 nitrogen and oxygen atoms in total. The molecule has 1 saturated carbocycles. The third-order valence-electron chi connectivity index (χ3n) is 6.63. The quantitative estimate of drug-likeness (QED) is 0.684. The van der Waals surface area contributed by atoms with Gasteiger partial charge in [0.05, 0.1) is 0 Å². The predicted molar refractivity (Wildman–Crippen MR) is 120 cm³/mol. The van der Waals surface area contributed by atoms with Gasteiger partial charge in [0, 0.05) is 30.8 Å². The van der Waals surface area contributed by atoms with E-state index in [2.05, 4.69) is 5.32 Å². The molecule has 0 bridgehead atoms. The maximum atomic E-state index is 12.8. The minimum atomic E-state index is -3.58. The fourth-order valence-corrected chi connectivity index (χ4v) is 5.87. The SMILES string of the molecule is O=CCc1ccc(/C=C/S(=O)(=O)N2CCC3(CC2)N=C(C2CCCCC2)NC3=O)cc1. The van der Waals surface area contributed by atoms with Gasteiger partial charge in [-0.3, -0.25) is 9.79 Å². The second-order valence-corrected chi connectivity index (χ2v) is 10.5. The van der Waals surface area contributed by atoms with Crippen LogP contribution in [0.25, 0.3) is 6.08 Å². The Kier molecular flexibility index (Phi) is 6.39. The van der Waals surface area contributed by atoms with Gasteiger partial charge in [0.25, 0.3) is 5.91 Å². The van der Waals surface area contributed by atoms with Crippen LogP contribution in [0.5, 0.6) is 0 Å². The van der Waals surface area contributed by atoms with E-state index in [0.717, 1.165) is 36.1 Å². The van der Waals surface area contributed by atoms with Crippen LogP contribution in [0.4, 0.5) is 0 Å². The van der Waals surface area contributed by atoms with Crippen molar-refractivity contribution < 1.29 is 18.0 Å². The van der Waals surface area contributed by atoms with Crippen molar-refractivity contribution >= 4 is 34.1 Å². The van der Waals surface area contributed by atoms with E-state index < -0.39 is 15.6 Å². The molecule has 3 aliphatic rings. The number of aliphatic imine (C=N–C) groups is 1. The highest BCUT2D eigenvalue weighted by Crippen LogP contribution is 2.34. The minimum Gasteiger partial charge on any atom is -0.312 e. The molecule has 0 unspecified atom stereocenters. The number of rotatable bonds is 6. The fourth-order valence-electron chi connectivity index (χ4n) is 4.67. The Labute approximate surface area is 183 Å². The number of hydrogen-bond donors (Lipinski definition) is 1. The van der Waals surface area contributed by atoms with Crippen molar-refractivity contribution in [1.82, 2.24) is 9.62 Å². The molecule has 1 saturated heterocycles. The normalized spacial score (nSPS) is 22.6. The summed E-state index contributed by atoms with van der Waals surface area (Å²) in [7, 11) is -3.58. The number of amidine groups is 1. The second kappa shape index (κ2) is 9.04. The van der Waals surface area contributed by atoms with E-state index in [0.29, 0.717) is 25.2 Å². The van der Waals surface area contributed by atoms with E-state index in [9.17, 15) is 18.0 Å². The Morgan fingerprint density at radius 1 is 1.10 bits per heavy atom. The summed E-state index contributed by atoms with van der Waals surface area (Å²) in [6.45, 7) is 0.555. The summed E-state index contributed by atoms with van der Waals surface area (Å²) >= 11 is 0. The molecule has 0 radical (unpaired) electrons. The van der Waals surface area contributed by atoms with E-state index in [1.54, 1.807) is 18.2 Å². The standard InChI is InChI=1S/C23H29N3O4S/c27-16-10-18-6-8-19(9-7-18)11-17-31(29,30)26-14-12-23(13-15-26)22(28)24-21(25-23)20-4-2-1-3-5-20/h6-9,11,16-17,20H,1-5,10,12-15H2,(H,24,25,28)/b17-11+. The highest BCUT2D eigenvalue weighted by Gasteiger charge is 2.48. The average molecular weight is 444 g/mol. The first-order chi connectivity index (χ1) is 14.9. The van der Waals surface area contributed by atoms with Gasteiger partial charge in [0.1, 0.15) is 17.7 Å². The molecule has 4 rings (SSSR count). The van der Waals surface area contributed by atoms with Gasteiger partial charge < -0.3 is 10.1 Å². The largest absolute Gasteiger partial charge is 0.312 e. The zero-order chi connectivity index (χ0) is 21.9. The van der Waals surface area contributed by atoms with E-state index in [1.807, 2.05) is 12.1 Å². The fraction of sp³-hybridized carbons (Fsp3) is 0.522. The Hall–Kier alpha value is -2.32. The maximum Gasteiger partial charge on any atom is 0.253 e. The van der Waals surface area contributed by atoms with Crippen LogP contribution in [0.3, 0.4) is 0 Å². The van der Waals surface area contributed by atoms with Crippen molar-refractivity contribution in [3.8, 4) is 0 Å². The lowest BCUT2D eigenvalue weighted by molar-refractivity contribution is -0.125. The van der Waals surface area contributed by atoms with Crippen LogP contribution in [-0.2, 0) is 26.0 Å². The molecule has 166 valence electrons. The van der Waals surface area contributed by atoms with Gasteiger partial charge in [0.2, 0.25) is 10.0 Å². The first kappa shape index (κ1) is 21.9. The monoisotopic (exact) mass is 443 g/mol. The summed E-state index contributed by atoms with van der Waals surface area (Å²) in [4.78, 5) is 28.1. The van der Waals surface area contributed by atoms with Crippen LogP contribution < -0.4 is 5.32 Å². The zero-order valence-corrected chi connectivity index (χ0v) is 18.4. The van der Waals surface area contributed by atoms with E-state index in [-0.39, 0.29) is 19.0 Å². The van der Waals surface area contributed by atoms with E-state index >= 15 is 0 Å². The number of amides is 1. The summed E-state index contributed by atoms with van der Waals surface area (Å²) < 4.78 is 27.0. The molecule has 2 heterocycles. The molecular formula is C23H29N3O4S. The molecule has 1 aliphatic carbocycles. The molecule has 1 N–H and O–H groups in total. The number of piperidine rings is 1. The maximum absolute atomic E-state index is 12.8. The predicted octanol–water partition coefficient (Wildman–Crippen LogP) is 2.67. The van der Waals surface area contributed by atoms with Gasteiger partial charge in [-0.1, -0.05) is 43.5 Å². The van der Waals surface area contributed by atoms with E-state index in [1.165, 1.54) is 29.0 Å². The van der Waals surface area contributed by atoms with Crippen molar-refractivity contribution in [3.63, 3.8) is 0 Å². The summed E-state index contributed by atoms with van der Waals surface area (Å²) in [5, 5.41) is 4.22. The summed E-state index contributed by atoms with van der Waals surface area (Å²) in [6, 6.07) is 7.21. The van der Waals surface area contributed by atoms with Crippen molar-refractivity contribution in [2.45, 2.75) is 56.9 Å². The number of hydrogen-bond acceptors (Lipinski definition) is 5. The van der Waals surface area contributed by atoms with Crippen molar-refractivity contribution in [1.29, 1.82) is 0 Å². The van der Waals surface area contributed by atoms with E-state index in [4.69, 9.17) is 4.99 Å².